The smallest absolute Gasteiger partial charge is 0.291 e. The summed E-state index contributed by atoms with van der Waals surface area (Å²) < 4.78 is 10.2. The van der Waals surface area contributed by atoms with Crippen molar-refractivity contribution < 1.29 is 18.4 Å². The van der Waals surface area contributed by atoms with Gasteiger partial charge in [-0.25, -0.2) is 0 Å². The van der Waals surface area contributed by atoms with E-state index in [0.29, 0.717) is 28.3 Å². The second kappa shape index (κ2) is 9.23. The minimum atomic E-state index is -0.487. The van der Waals surface area contributed by atoms with Crippen molar-refractivity contribution in [1.29, 1.82) is 5.26 Å². The van der Waals surface area contributed by atoms with Crippen LogP contribution >= 0.6 is 0 Å². The van der Waals surface area contributed by atoms with Crippen molar-refractivity contribution in [3.63, 3.8) is 0 Å². The lowest BCUT2D eigenvalue weighted by Gasteiger charge is -2.10. The highest BCUT2D eigenvalue weighted by molar-refractivity contribution is 6.06. The second-order valence-corrected chi connectivity index (χ2v) is 6.45. The lowest BCUT2D eigenvalue weighted by molar-refractivity contribution is 0.0990. The van der Waals surface area contributed by atoms with E-state index < -0.39 is 11.8 Å². The summed E-state index contributed by atoms with van der Waals surface area (Å²) in [6.07, 6.45) is 2.79. The van der Waals surface area contributed by atoms with Crippen LogP contribution in [0.15, 0.2) is 98.3 Å². The minimum Gasteiger partial charge on any atom is -0.459 e. The highest BCUT2D eigenvalue weighted by atomic mass is 16.3. The first-order valence-electron chi connectivity index (χ1n) is 9.38. The van der Waals surface area contributed by atoms with E-state index in [1.807, 2.05) is 6.07 Å². The van der Waals surface area contributed by atoms with E-state index in [4.69, 9.17) is 14.1 Å². The number of carbonyl (C=O) groups excluding carboxylic acids is 2. The number of azo groups is 1. The summed E-state index contributed by atoms with van der Waals surface area (Å²) in [5, 5.41) is 22.7. The van der Waals surface area contributed by atoms with E-state index in [1.165, 1.54) is 24.7 Å². The van der Waals surface area contributed by atoms with Gasteiger partial charge in [-0.05, 0) is 66.7 Å². The molecule has 2 aromatic carbocycles. The van der Waals surface area contributed by atoms with E-state index in [9.17, 15) is 9.59 Å². The summed E-state index contributed by atoms with van der Waals surface area (Å²) in [5.41, 5.74) is 2.11. The summed E-state index contributed by atoms with van der Waals surface area (Å²) in [6, 6.07) is 19.6. The number of hydrogen-bond acceptors (Lipinski definition) is 7. The summed E-state index contributed by atoms with van der Waals surface area (Å²) in [4.78, 5) is 24.8. The molecular weight excluding hydrogens is 410 g/mol. The quantitative estimate of drug-likeness (QED) is 0.384. The van der Waals surface area contributed by atoms with Gasteiger partial charge in [0.2, 0.25) is 0 Å². The zero-order chi connectivity index (χ0) is 22.3. The number of carbonyl (C=O) groups is 2. The molecule has 2 N–H and O–H groups in total. The van der Waals surface area contributed by atoms with Crippen molar-refractivity contribution >= 4 is 34.6 Å². The maximum Gasteiger partial charge on any atom is 0.291 e. The Morgan fingerprint density at radius 1 is 0.812 bits per heavy atom. The van der Waals surface area contributed by atoms with Crippen molar-refractivity contribution in [2.24, 2.45) is 10.2 Å². The lowest BCUT2D eigenvalue weighted by Crippen LogP contribution is -2.13. The van der Waals surface area contributed by atoms with Crippen LogP contribution in [0, 0.1) is 11.3 Å². The summed E-state index contributed by atoms with van der Waals surface area (Å²) in [5.74, 6) is -0.662. The van der Waals surface area contributed by atoms with E-state index in [0.717, 1.165) is 0 Å². The van der Waals surface area contributed by atoms with Gasteiger partial charge < -0.3 is 19.5 Å². The van der Waals surface area contributed by atoms with Gasteiger partial charge >= 0.3 is 0 Å². The van der Waals surface area contributed by atoms with Crippen LogP contribution in [0.25, 0.3) is 0 Å². The van der Waals surface area contributed by atoms with Gasteiger partial charge in [0.15, 0.2) is 11.5 Å². The van der Waals surface area contributed by atoms with Crippen LogP contribution < -0.4 is 10.6 Å². The Bertz CT molecular complexity index is 1300. The number of benzene rings is 2. The Labute approximate surface area is 182 Å². The third kappa shape index (κ3) is 4.77. The van der Waals surface area contributed by atoms with E-state index >= 15 is 0 Å². The maximum atomic E-state index is 12.5. The molecule has 0 fully saturated rings. The fraction of sp³-hybridized carbons (Fsp3) is 0. The number of nitrogens with one attached hydrogen (secondary N) is 2. The van der Waals surface area contributed by atoms with E-state index in [-0.39, 0.29) is 11.5 Å². The largest absolute Gasteiger partial charge is 0.459 e. The Hall–Kier alpha value is -4.97. The fourth-order valence-electron chi connectivity index (χ4n) is 2.71. The molecule has 0 saturated heterocycles. The van der Waals surface area contributed by atoms with Gasteiger partial charge in [-0.2, -0.15) is 10.4 Å². The van der Waals surface area contributed by atoms with E-state index in [2.05, 4.69) is 20.9 Å². The Morgan fingerprint density at radius 2 is 1.47 bits per heavy atom. The van der Waals surface area contributed by atoms with Crippen LogP contribution in [0.1, 0.15) is 26.7 Å². The van der Waals surface area contributed by atoms with Crippen LogP contribution in [0.4, 0.5) is 22.7 Å². The van der Waals surface area contributed by atoms with Crippen LogP contribution in [-0.2, 0) is 0 Å². The molecule has 2 amide bonds. The molecular formula is C23H15N5O4. The molecule has 0 aliphatic heterocycles. The molecule has 2 aromatic heterocycles. The third-order valence-corrected chi connectivity index (χ3v) is 4.26. The molecule has 0 saturated carbocycles. The van der Waals surface area contributed by atoms with Gasteiger partial charge in [0, 0.05) is 5.69 Å². The average molecular weight is 425 g/mol. The molecule has 0 aliphatic carbocycles. The van der Waals surface area contributed by atoms with Crippen molar-refractivity contribution in [3.05, 3.63) is 96.3 Å². The molecule has 9 nitrogen and oxygen atoms in total. The van der Waals surface area contributed by atoms with Crippen LogP contribution in [0.5, 0.6) is 0 Å². The third-order valence-electron chi connectivity index (χ3n) is 4.26. The van der Waals surface area contributed by atoms with Crippen LogP contribution in [-0.4, -0.2) is 11.8 Å². The molecule has 9 heteroatoms. The predicted octanol–water partition coefficient (Wildman–Crippen LogP) is 5.66. The van der Waals surface area contributed by atoms with Gasteiger partial charge in [-0.1, -0.05) is 0 Å². The molecule has 156 valence electrons. The standard InChI is InChI=1S/C23H15N5O4/c24-14-15-5-7-16(8-6-15)27-28-18-10-9-17(25-22(29)20-3-1-11-31-20)13-19(18)26-23(30)21-4-2-12-32-21/h1-13H,(H,25,29)(H,26,30)/b28-27+. The summed E-state index contributed by atoms with van der Waals surface area (Å²) in [6.45, 7) is 0. The first kappa shape index (κ1) is 20.3. The first-order chi connectivity index (χ1) is 15.6. The number of furan rings is 2. The Balaban J connectivity index is 1.61. The summed E-state index contributed by atoms with van der Waals surface area (Å²) in [7, 11) is 0. The lowest BCUT2D eigenvalue weighted by atomic mass is 10.2. The van der Waals surface area contributed by atoms with Crippen LogP contribution in [0.2, 0.25) is 0 Å². The zero-order valence-electron chi connectivity index (χ0n) is 16.5. The summed E-state index contributed by atoms with van der Waals surface area (Å²) >= 11 is 0. The topological polar surface area (TPSA) is 133 Å². The van der Waals surface area contributed by atoms with Crippen molar-refractivity contribution in [2.45, 2.75) is 0 Å². The highest BCUT2D eigenvalue weighted by Gasteiger charge is 2.14. The monoisotopic (exact) mass is 425 g/mol. The fourth-order valence-corrected chi connectivity index (χ4v) is 2.71. The maximum absolute atomic E-state index is 12.5. The van der Waals surface area contributed by atoms with Crippen molar-refractivity contribution in [1.82, 2.24) is 0 Å². The first-order valence-corrected chi connectivity index (χ1v) is 9.38. The Morgan fingerprint density at radius 3 is 2.06 bits per heavy atom. The predicted molar refractivity (Wildman–Crippen MR) is 115 cm³/mol. The highest BCUT2D eigenvalue weighted by Crippen LogP contribution is 2.31. The SMILES string of the molecule is N#Cc1ccc(/N=N/c2ccc(NC(=O)c3ccco3)cc2NC(=O)c2ccco2)cc1. The molecule has 0 spiro atoms. The second-order valence-electron chi connectivity index (χ2n) is 6.45. The average Bonchev–Trinajstić information content (AvgIpc) is 3.53. The number of anilines is 2. The van der Waals surface area contributed by atoms with Crippen molar-refractivity contribution in [3.8, 4) is 6.07 Å². The molecule has 0 unspecified atom stereocenters. The van der Waals surface area contributed by atoms with Gasteiger partial charge in [0.25, 0.3) is 11.8 Å². The normalized spacial score (nSPS) is 10.6. The molecule has 2 heterocycles. The number of nitriles is 1. The Kier molecular flexibility index (Phi) is 5.86. The molecule has 32 heavy (non-hydrogen) atoms. The number of rotatable bonds is 6. The number of amides is 2. The van der Waals surface area contributed by atoms with Crippen molar-refractivity contribution in [2.75, 3.05) is 10.6 Å². The van der Waals surface area contributed by atoms with Gasteiger partial charge in [0.1, 0.15) is 5.69 Å². The van der Waals surface area contributed by atoms with Crippen LogP contribution in [0.3, 0.4) is 0 Å². The zero-order valence-corrected chi connectivity index (χ0v) is 16.5. The molecule has 4 rings (SSSR count). The molecule has 4 aromatic rings. The number of hydrogen-bond donors (Lipinski definition) is 2. The minimum absolute atomic E-state index is 0.116. The van der Waals surface area contributed by atoms with Gasteiger partial charge in [-0.15, -0.1) is 5.11 Å². The number of nitrogens with zero attached hydrogens (tertiary/aromatic N) is 3. The molecule has 0 bridgehead atoms. The van der Waals surface area contributed by atoms with Gasteiger partial charge in [0.05, 0.1) is 35.5 Å². The van der Waals surface area contributed by atoms with Gasteiger partial charge in [-0.3, -0.25) is 9.59 Å². The molecule has 0 radical (unpaired) electrons. The van der Waals surface area contributed by atoms with E-state index in [1.54, 1.807) is 54.6 Å². The molecule has 0 atom stereocenters. The molecule has 0 aliphatic rings.